The van der Waals surface area contributed by atoms with Gasteiger partial charge in [0.15, 0.2) is 0 Å². The number of ether oxygens (including phenoxy) is 3. The van der Waals surface area contributed by atoms with Gasteiger partial charge < -0.3 is 35.1 Å². The molecule has 0 radical (unpaired) electrons. The van der Waals surface area contributed by atoms with Gasteiger partial charge in [-0.05, 0) is 100 Å². The van der Waals surface area contributed by atoms with Crippen LogP contribution in [0.3, 0.4) is 0 Å². The van der Waals surface area contributed by atoms with Crippen molar-refractivity contribution >= 4 is 51.2 Å². The summed E-state index contributed by atoms with van der Waals surface area (Å²) in [6.07, 6.45) is 6.01. The summed E-state index contributed by atoms with van der Waals surface area (Å²) >= 11 is 0. The van der Waals surface area contributed by atoms with Gasteiger partial charge in [-0.15, -0.1) is 10.2 Å². The molecule has 64 heavy (non-hydrogen) atoms. The molecule has 328 valence electrons. The Morgan fingerprint density at radius 1 is 0.797 bits per heavy atom. The maximum absolute atomic E-state index is 13.5. The number of halogens is 2. The van der Waals surface area contributed by atoms with Gasteiger partial charge in [-0.2, -0.15) is 10.5 Å². The highest BCUT2D eigenvalue weighted by Gasteiger charge is 2.28. The summed E-state index contributed by atoms with van der Waals surface area (Å²) in [4.78, 5) is 31.6. The van der Waals surface area contributed by atoms with Crippen molar-refractivity contribution in [2.45, 2.75) is 64.3 Å². The quantitative estimate of drug-likeness (QED) is 0.108. The van der Waals surface area contributed by atoms with Crippen LogP contribution in [0, 0.1) is 23.0 Å². The summed E-state index contributed by atoms with van der Waals surface area (Å²) in [7, 11) is 0. The van der Waals surface area contributed by atoms with Gasteiger partial charge in [0.05, 0.1) is 22.2 Å². The van der Waals surface area contributed by atoms with Crippen molar-refractivity contribution in [2.24, 2.45) is 0 Å². The van der Waals surface area contributed by atoms with Gasteiger partial charge in [0, 0.05) is 72.6 Å². The summed E-state index contributed by atoms with van der Waals surface area (Å²) in [5.74, 6) is 1.50. The van der Waals surface area contributed by atoms with E-state index in [1.165, 1.54) is 24.3 Å². The zero-order valence-electron chi connectivity index (χ0n) is 35.3. The van der Waals surface area contributed by atoms with Crippen molar-refractivity contribution in [3.05, 3.63) is 102 Å². The van der Waals surface area contributed by atoms with Crippen molar-refractivity contribution in [3.8, 4) is 29.0 Å². The molecule has 2 saturated heterocycles. The Balaban J connectivity index is 0.000000176. The molecule has 5 heterocycles. The second-order valence-corrected chi connectivity index (χ2v) is 16.2. The molecule has 4 aromatic carbocycles. The number of piperidine rings is 2. The molecule has 0 atom stereocenters. The van der Waals surface area contributed by atoms with Crippen LogP contribution in [0.4, 0.5) is 36.8 Å². The monoisotopic (exact) mass is 869 g/mol. The van der Waals surface area contributed by atoms with Crippen LogP contribution in [0.25, 0.3) is 33.2 Å². The number of H-pyrrole nitrogens is 1. The lowest BCUT2D eigenvalue weighted by atomic mass is 10.1. The van der Waals surface area contributed by atoms with E-state index in [9.17, 15) is 18.8 Å². The van der Waals surface area contributed by atoms with Crippen molar-refractivity contribution in [1.82, 2.24) is 50.8 Å². The number of nitrogens with one attached hydrogen (secondary N) is 4. The van der Waals surface area contributed by atoms with Crippen molar-refractivity contribution in [2.75, 3.05) is 36.8 Å². The van der Waals surface area contributed by atoms with E-state index in [0.717, 1.165) is 36.9 Å². The predicted octanol–water partition coefficient (Wildman–Crippen LogP) is 7.99. The number of nitrogens with zero attached hydrogens (tertiary/aromatic N) is 9. The summed E-state index contributed by atoms with van der Waals surface area (Å²) in [5, 5.41) is 34.8. The number of fused-ring (bicyclic) bond motifs is 2. The van der Waals surface area contributed by atoms with E-state index in [4.69, 9.17) is 14.2 Å². The van der Waals surface area contributed by atoms with Crippen LogP contribution in [0.5, 0.6) is 11.5 Å². The van der Waals surface area contributed by atoms with Gasteiger partial charge in [-0.3, -0.25) is 0 Å². The standard InChI is InChI=1S/C25H26FN5O3.C20H19FN8O/c1-25(2,3)34-24(32)31-9-7-20(8-10-31)33-22-13-21-17(11-16(22)14-27)15-28-23(30-21)29-19-6-4-5-18(26)12-19;21-13-2-1-3-14(9-13)24-20-23-11-12-8-16(19-26-28-29-27-19)18(10-17(12)25-20)30-15-4-6-22-7-5-15/h4-6,11-13,15,20H,7-10H2,1-3H3,(H,28,29,30);1-3,8-11,15,22H,4-7H2,(H,23,24,25)(H,26,27,28,29). The number of tetrazole rings is 1. The van der Waals surface area contributed by atoms with Crippen molar-refractivity contribution in [1.29, 1.82) is 5.26 Å². The third-order valence-electron chi connectivity index (χ3n) is 10.2. The molecule has 0 saturated carbocycles. The number of nitriles is 1. The molecule has 17 nitrogen and oxygen atoms in total. The van der Waals surface area contributed by atoms with Gasteiger partial charge in [-0.25, -0.2) is 33.5 Å². The first-order valence-corrected chi connectivity index (χ1v) is 20.8. The molecule has 4 N–H and O–H groups in total. The smallest absolute Gasteiger partial charge is 0.410 e. The molecule has 2 aliphatic heterocycles. The van der Waals surface area contributed by atoms with Crippen LogP contribution < -0.4 is 25.4 Å². The number of carbonyl (C=O) groups is 1. The fraction of sp³-hybridized carbons (Fsp3) is 0.311. The minimum atomic E-state index is -0.540. The summed E-state index contributed by atoms with van der Waals surface area (Å²) in [5.41, 5.74) is 2.96. The van der Waals surface area contributed by atoms with Crippen molar-refractivity contribution in [3.63, 3.8) is 0 Å². The number of amides is 1. The number of anilines is 4. The van der Waals surface area contributed by atoms with Crippen LogP contribution in [0.2, 0.25) is 0 Å². The molecule has 0 bridgehead atoms. The summed E-state index contributed by atoms with van der Waals surface area (Å²) in [6.45, 7) is 8.38. The Morgan fingerprint density at radius 2 is 1.38 bits per heavy atom. The van der Waals surface area contributed by atoms with Gasteiger partial charge >= 0.3 is 6.09 Å². The number of aromatic nitrogens is 8. The van der Waals surface area contributed by atoms with Crippen LogP contribution in [0.1, 0.15) is 52.0 Å². The Kier molecular flexibility index (Phi) is 12.9. The van der Waals surface area contributed by atoms with E-state index in [2.05, 4.69) is 62.6 Å². The normalized spacial score (nSPS) is 14.6. The van der Waals surface area contributed by atoms with E-state index < -0.39 is 5.60 Å². The third kappa shape index (κ3) is 11.1. The molecule has 0 unspecified atom stereocenters. The summed E-state index contributed by atoms with van der Waals surface area (Å²) < 4.78 is 44.8. The van der Waals surface area contributed by atoms with Gasteiger partial charge in [0.1, 0.15) is 47.0 Å². The van der Waals surface area contributed by atoms with E-state index in [1.54, 1.807) is 53.7 Å². The van der Waals surface area contributed by atoms with Crippen LogP contribution >= 0.6 is 0 Å². The van der Waals surface area contributed by atoms with Crippen LogP contribution in [0.15, 0.2) is 85.2 Å². The third-order valence-corrected chi connectivity index (χ3v) is 10.2. The molecule has 1 amide bonds. The average Bonchev–Trinajstić information content (AvgIpc) is 3.82. The zero-order chi connectivity index (χ0) is 44.6. The molecule has 2 aliphatic rings. The van der Waals surface area contributed by atoms with Gasteiger partial charge in [0.25, 0.3) is 0 Å². The van der Waals surface area contributed by atoms with E-state index >= 15 is 0 Å². The fourth-order valence-corrected chi connectivity index (χ4v) is 7.12. The molecular weight excluding hydrogens is 825 g/mol. The molecule has 3 aromatic heterocycles. The first-order chi connectivity index (χ1) is 30.9. The largest absolute Gasteiger partial charge is 0.489 e. The number of rotatable bonds is 9. The Bertz CT molecular complexity index is 2790. The molecule has 0 spiro atoms. The van der Waals surface area contributed by atoms with Crippen LogP contribution in [-0.2, 0) is 4.74 Å². The maximum Gasteiger partial charge on any atom is 0.410 e. The summed E-state index contributed by atoms with van der Waals surface area (Å²) in [6, 6.07) is 21.5. The Morgan fingerprint density at radius 3 is 1.94 bits per heavy atom. The first kappa shape index (κ1) is 43.1. The van der Waals surface area contributed by atoms with E-state index in [1.807, 2.05) is 32.9 Å². The number of carbonyl (C=O) groups excluding carboxylic acids is 1. The number of likely N-dealkylation sites (tertiary alicyclic amines) is 1. The SMILES string of the molecule is CC(C)(C)OC(=O)N1CCC(Oc2cc3nc(Nc4cccc(F)c4)ncc3cc2C#N)CC1.Fc1cccc(Nc2ncc3cc(-c4nn[nH]n4)c(OC4CCNCC4)cc3n2)c1. The lowest BCUT2D eigenvalue weighted by Gasteiger charge is -2.33. The minimum absolute atomic E-state index is 0.0982. The molecule has 0 aliphatic carbocycles. The topological polar surface area (TPSA) is 214 Å². The highest BCUT2D eigenvalue weighted by molar-refractivity contribution is 5.87. The lowest BCUT2D eigenvalue weighted by Crippen LogP contribution is -2.44. The fourth-order valence-electron chi connectivity index (χ4n) is 7.12. The second-order valence-electron chi connectivity index (χ2n) is 16.2. The first-order valence-electron chi connectivity index (χ1n) is 20.8. The van der Waals surface area contributed by atoms with E-state index in [-0.39, 0.29) is 29.9 Å². The number of hydrogen-bond donors (Lipinski definition) is 4. The van der Waals surface area contributed by atoms with Crippen molar-refractivity contribution < 1.29 is 27.8 Å². The van der Waals surface area contributed by atoms with Gasteiger partial charge in [0.2, 0.25) is 17.7 Å². The van der Waals surface area contributed by atoms with E-state index in [0.29, 0.717) is 88.5 Å². The highest BCUT2D eigenvalue weighted by Crippen LogP contribution is 2.34. The second kappa shape index (κ2) is 19.2. The average molecular weight is 870 g/mol. The Hall–Kier alpha value is -7.59. The number of aromatic amines is 1. The van der Waals surface area contributed by atoms with Gasteiger partial charge in [-0.1, -0.05) is 12.1 Å². The maximum atomic E-state index is 13.5. The molecule has 2 fully saturated rings. The predicted molar refractivity (Wildman–Crippen MR) is 234 cm³/mol. The minimum Gasteiger partial charge on any atom is -0.489 e. The molecular formula is C45H45F2N13O4. The zero-order valence-corrected chi connectivity index (χ0v) is 35.3. The highest BCUT2D eigenvalue weighted by atomic mass is 19.1. The lowest BCUT2D eigenvalue weighted by molar-refractivity contribution is 0.0126. The molecule has 19 heteroatoms. The number of hydrogen-bond acceptors (Lipinski definition) is 15. The van der Waals surface area contributed by atoms with Crippen LogP contribution in [-0.4, -0.2) is 95.5 Å². The molecule has 9 rings (SSSR count). The number of benzene rings is 4. The molecule has 7 aromatic rings. The Labute approximate surface area is 366 Å².